The molecule has 2 aromatic carbocycles. The number of carbonyl (C=O) groups is 5. The van der Waals surface area contributed by atoms with Gasteiger partial charge in [-0.05, 0) is 49.6 Å². The van der Waals surface area contributed by atoms with Gasteiger partial charge in [0.1, 0.15) is 29.4 Å². The molecule has 0 spiro atoms. The number of ether oxygens (including phenoxy) is 2. The Morgan fingerprint density at radius 3 is 2.62 bits per heavy atom. The van der Waals surface area contributed by atoms with Crippen LogP contribution in [0.1, 0.15) is 41.4 Å². The fraction of sp³-hybridized carbons (Fsp3) is 0.344. The van der Waals surface area contributed by atoms with Gasteiger partial charge in [-0.2, -0.15) is 4.98 Å². The van der Waals surface area contributed by atoms with Crippen molar-refractivity contribution in [3.8, 4) is 11.6 Å². The SMILES string of the molecule is Cc1cc(OCCCc2ccc3c(c2)C(=O)NCC(=O)N3CC(C)[C@@]2(C(=O)Oc3ccccc3)NC2(C=O)CC=O)nc(N)n1. The summed E-state index contributed by atoms with van der Waals surface area (Å²) in [5, 5.41) is 5.60. The number of aldehydes is 2. The number of nitrogen functional groups attached to an aromatic ring is 1. The number of para-hydroxylation sites is 1. The summed E-state index contributed by atoms with van der Waals surface area (Å²) in [5.41, 5.74) is 4.82. The van der Waals surface area contributed by atoms with Crippen LogP contribution < -0.4 is 30.7 Å². The van der Waals surface area contributed by atoms with E-state index in [-0.39, 0.29) is 31.2 Å². The number of nitrogens with zero attached hydrogens (tertiary/aromatic N) is 3. The second-order valence-electron chi connectivity index (χ2n) is 11.2. The smallest absolute Gasteiger partial charge is 0.334 e. The molecule has 1 saturated heterocycles. The van der Waals surface area contributed by atoms with Crippen LogP contribution in [0.3, 0.4) is 0 Å². The Kier molecular flexibility index (Phi) is 8.91. The molecule has 5 rings (SSSR count). The zero-order valence-electron chi connectivity index (χ0n) is 24.9. The quantitative estimate of drug-likeness (QED) is 0.0832. The number of hydrogen-bond donors (Lipinski definition) is 3. The third kappa shape index (κ3) is 6.25. The number of fused-ring (bicyclic) bond motifs is 1. The van der Waals surface area contributed by atoms with E-state index in [0.29, 0.717) is 54.8 Å². The van der Waals surface area contributed by atoms with E-state index < -0.39 is 34.8 Å². The van der Waals surface area contributed by atoms with Crippen molar-refractivity contribution in [2.45, 2.75) is 44.2 Å². The van der Waals surface area contributed by atoms with Crippen molar-refractivity contribution in [2.75, 3.05) is 30.3 Å². The van der Waals surface area contributed by atoms with Crippen LogP contribution in [0.25, 0.3) is 0 Å². The Balaban J connectivity index is 1.35. The van der Waals surface area contributed by atoms with E-state index in [1.165, 1.54) is 4.90 Å². The van der Waals surface area contributed by atoms with Crippen molar-refractivity contribution < 1.29 is 33.4 Å². The van der Waals surface area contributed by atoms with E-state index in [2.05, 4.69) is 20.6 Å². The molecule has 1 fully saturated rings. The van der Waals surface area contributed by atoms with Gasteiger partial charge in [-0.1, -0.05) is 31.2 Å². The minimum absolute atomic E-state index is 0.0409. The summed E-state index contributed by atoms with van der Waals surface area (Å²) in [5.74, 6) is -1.48. The van der Waals surface area contributed by atoms with Gasteiger partial charge in [0, 0.05) is 30.6 Å². The third-order valence-corrected chi connectivity index (χ3v) is 8.14. The summed E-state index contributed by atoms with van der Waals surface area (Å²) in [6.45, 7) is 3.55. The van der Waals surface area contributed by atoms with Crippen LogP contribution in [0.5, 0.6) is 11.6 Å². The maximum Gasteiger partial charge on any atom is 0.334 e. The standard InChI is InChI=1S/C32H34N6O7/c1-20(32(31(19-40,37-32)12-13-39)29(43)45-23-8-4-3-5-9-23)18-38-25-11-10-22(16-24(25)28(42)34-17-27(38)41)7-6-14-44-26-15-21(2)35-30(33)36-26/h3-5,8-11,13,15-16,19-20,37H,6-7,12,14,17-18H2,1-2H3,(H,34,42)(H2,33,35,36)/t20?,31?,32-/m0/s1. The predicted octanol–water partition coefficient (Wildman–Crippen LogP) is 1.57. The van der Waals surface area contributed by atoms with E-state index in [0.717, 1.165) is 5.56 Å². The van der Waals surface area contributed by atoms with Gasteiger partial charge in [0.2, 0.25) is 17.7 Å². The van der Waals surface area contributed by atoms with Crippen molar-refractivity contribution in [2.24, 2.45) is 5.92 Å². The van der Waals surface area contributed by atoms with Crippen LogP contribution in [0.15, 0.2) is 54.6 Å². The van der Waals surface area contributed by atoms with Gasteiger partial charge in [0.05, 0.1) is 24.4 Å². The average molecular weight is 615 g/mol. The zero-order chi connectivity index (χ0) is 32.2. The van der Waals surface area contributed by atoms with Crippen LogP contribution in [0.2, 0.25) is 0 Å². The number of benzene rings is 2. The van der Waals surface area contributed by atoms with Gasteiger partial charge < -0.3 is 35.0 Å². The highest BCUT2D eigenvalue weighted by Crippen LogP contribution is 2.47. The molecule has 0 radical (unpaired) electrons. The van der Waals surface area contributed by atoms with Gasteiger partial charge in [-0.15, -0.1) is 0 Å². The molecule has 3 heterocycles. The van der Waals surface area contributed by atoms with Gasteiger partial charge in [-0.25, -0.2) is 9.78 Å². The Hall–Kier alpha value is -5.17. The fourth-order valence-electron chi connectivity index (χ4n) is 5.84. The van der Waals surface area contributed by atoms with Crippen molar-refractivity contribution in [3.05, 3.63) is 71.4 Å². The van der Waals surface area contributed by atoms with E-state index in [1.54, 1.807) is 62.4 Å². The van der Waals surface area contributed by atoms with Crippen LogP contribution in [0.4, 0.5) is 11.6 Å². The molecule has 234 valence electrons. The zero-order valence-corrected chi connectivity index (χ0v) is 24.9. The number of anilines is 2. The molecular weight excluding hydrogens is 580 g/mol. The first-order chi connectivity index (χ1) is 21.6. The molecule has 0 saturated carbocycles. The molecule has 2 aliphatic rings. The molecule has 3 aromatic rings. The second kappa shape index (κ2) is 12.8. The van der Waals surface area contributed by atoms with Crippen molar-refractivity contribution in [1.29, 1.82) is 0 Å². The molecule has 2 unspecified atom stereocenters. The largest absolute Gasteiger partial charge is 0.478 e. The highest BCUT2D eigenvalue weighted by Gasteiger charge is 2.75. The Morgan fingerprint density at radius 1 is 1.13 bits per heavy atom. The summed E-state index contributed by atoms with van der Waals surface area (Å²) in [4.78, 5) is 73.3. The maximum atomic E-state index is 13.6. The molecule has 0 aliphatic carbocycles. The number of aryl methyl sites for hydroxylation is 2. The van der Waals surface area contributed by atoms with Crippen LogP contribution in [-0.2, 0) is 25.6 Å². The van der Waals surface area contributed by atoms with Crippen LogP contribution in [-0.4, -0.2) is 71.1 Å². The van der Waals surface area contributed by atoms with Crippen LogP contribution >= 0.6 is 0 Å². The molecule has 4 N–H and O–H groups in total. The summed E-state index contributed by atoms with van der Waals surface area (Å²) < 4.78 is 11.3. The van der Waals surface area contributed by atoms with Crippen molar-refractivity contribution in [3.63, 3.8) is 0 Å². The van der Waals surface area contributed by atoms with Gasteiger partial charge in [0.15, 0.2) is 0 Å². The summed E-state index contributed by atoms with van der Waals surface area (Å²) in [6, 6.07) is 15.3. The normalized spacial score (nSPS) is 21.2. The van der Waals surface area contributed by atoms with Crippen LogP contribution in [0, 0.1) is 12.8 Å². The van der Waals surface area contributed by atoms with E-state index >= 15 is 0 Å². The molecular formula is C32H34N6O7. The summed E-state index contributed by atoms with van der Waals surface area (Å²) in [7, 11) is 0. The van der Waals surface area contributed by atoms with Crippen molar-refractivity contribution in [1.82, 2.24) is 20.6 Å². The van der Waals surface area contributed by atoms with E-state index in [9.17, 15) is 24.0 Å². The number of nitrogens with one attached hydrogen (secondary N) is 2. The number of esters is 1. The van der Waals surface area contributed by atoms with E-state index in [1.807, 2.05) is 6.07 Å². The van der Waals surface area contributed by atoms with Gasteiger partial charge >= 0.3 is 5.97 Å². The fourth-order valence-corrected chi connectivity index (χ4v) is 5.84. The van der Waals surface area contributed by atoms with Gasteiger partial charge in [0.25, 0.3) is 5.91 Å². The number of nitrogens with two attached hydrogens (primary N) is 1. The molecule has 3 atom stereocenters. The third-order valence-electron chi connectivity index (χ3n) is 8.14. The monoisotopic (exact) mass is 614 g/mol. The molecule has 2 amide bonds. The van der Waals surface area contributed by atoms with E-state index in [4.69, 9.17) is 15.2 Å². The number of rotatable bonds is 13. The number of carbonyl (C=O) groups excluding carboxylic acids is 5. The topological polar surface area (TPSA) is 193 Å². The number of hydrogen-bond acceptors (Lipinski definition) is 11. The summed E-state index contributed by atoms with van der Waals surface area (Å²) in [6.07, 6.45) is 2.05. The minimum Gasteiger partial charge on any atom is -0.478 e. The average Bonchev–Trinajstić information content (AvgIpc) is 3.72. The first kappa shape index (κ1) is 31.3. The second-order valence-corrected chi connectivity index (χ2v) is 11.2. The highest BCUT2D eigenvalue weighted by molar-refractivity contribution is 6.10. The predicted molar refractivity (Wildman–Crippen MR) is 163 cm³/mol. The lowest BCUT2D eigenvalue weighted by molar-refractivity contribution is -0.140. The first-order valence-corrected chi connectivity index (χ1v) is 14.5. The lowest BCUT2D eigenvalue weighted by Crippen LogP contribution is -2.50. The summed E-state index contributed by atoms with van der Waals surface area (Å²) >= 11 is 0. The van der Waals surface area contributed by atoms with Gasteiger partial charge in [-0.3, -0.25) is 14.9 Å². The minimum atomic E-state index is -1.58. The molecule has 13 heteroatoms. The molecule has 0 bridgehead atoms. The lowest BCUT2D eigenvalue weighted by Gasteiger charge is -2.30. The number of amides is 2. The Labute approximate surface area is 259 Å². The molecule has 45 heavy (non-hydrogen) atoms. The Bertz CT molecular complexity index is 1610. The number of aromatic nitrogens is 2. The molecule has 1 aromatic heterocycles. The maximum absolute atomic E-state index is 13.6. The van der Waals surface area contributed by atoms with Crippen molar-refractivity contribution >= 4 is 42.0 Å². The molecule has 2 aliphatic heterocycles. The molecule has 13 nitrogen and oxygen atoms in total. The lowest BCUT2D eigenvalue weighted by atomic mass is 9.81. The highest BCUT2D eigenvalue weighted by atomic mass is 16.5. The Morgan fingerprint density at radius 2 is 1.91 bits per heavy atom. The first-order valence-electron chi connectivity index (χ1n) is 14.5.